The number of hydrogen-bond donors (Lipinski definition) is 1. The zero-order chi connectivity index (χ0) is 19.6. The van der Waals surface area contributed by atoms with Gasteiger partial charge in [0.1, 0.15) is 5.82 Å². The van der Waals surface area contributed by atoms with Gasteiger partial charge in [-0.1, -0.05) is 18.2 Å². The average molecular weight is 367 g/mol. The summed E-state index contributed by atoms with van der Waals surface area (Å²) in [5.74, 6) is -0.126. The van der Waals surface area contributed by atoms with Crippen LogP contribution >= 0.6 is 0 Å². The molecule has 7 nitrogen and oxygen atoms in total. The molecule has 1 aliphatic rings. The molecular formula is C20H21N3O4. The van der Waals surface area contributed by atoms with Gasteiger partial charge in [0.25, 0.3) is 0 Å². The summed E-state index contributed by atoms with van der Waals surface area (Å²) in [7, 11) is 2.06. The fraction of sp³-hybridized carbons (Fsp3) is 0.300. The summed E-state index contributed by atoms with van der Waals surface area (Å²) in [4.78, 5) is 35.2. The standard InChI is InChI=1S/C18H19N3O.C2H2O3/c1-12-19-9-10-21(12)11-13-7-8-16-17(18(13)22)14-5-3-4-6-15(14)20(16)2;3-1-2(4)5/h3-6,9-10,13H,7-8,11H2,1-2H3;1H,(H,4,5). The Morgan fingerprint density at radius 1 is 1.37 bits per heavy atom. The van der Waals surface area contributed by atoms with Gasteiger partial charge in [0.2, 0.25) is 6.29 Å². The molecule has 0 spiro atoms. The molecule has 0 bridgehead atoms. The van der Waals surface area contributed by atoms with Crippen molar-refractivity contribution in [3.8, 4) is 0 Å². The molecular weight excluding hydrogens is 346 g/mol. The van der Waals surface area contributed by atoms with Crippen LogP contribution in [-0.2, 0) is 29.6 Å². The van der Waals surface area contributed by atoms with E-state index in [1.54, 1.807) is 6.20 Å². The van der Waals surface area contributed by atoms with Crippen molar-refractivity contribution in [2.45, 2.75) is 26.3 Å². The number of imidazole rings is 1. The molecule has 0 radical (unpaired) electrons. The van der Waals surface area contributed by atoms with E-state index in [2.05, 4.69) is 33.3 Å². The Hall–Kier alpha value is -3.22. The van der Waals surface area contributed by atoms with E-state index in [0.717, 1.165) is 41.7 Å². The lowest BCUT2D eigenvalue weighted by molar-refractivity contribution is -0.143. The highest BCUT2D eigenvalue weighted by molar-refractivity contribution is 6.19. The number of carbonyl (C=O) groups is 3. The van der Waals surface area contributed by atoms with Crippen molar-refractivity contribution in [3.05, 3.63) is 53.7 Å². The van der Waals surface area contributed by atoms with Gasteiger partial charge < -0.3 is 14.2 Å². The van der Waals surface area contributed by atoms with Crippen LogP contribution in [0.25, 0.3) is 10.9 Å². The number of aromatic nitrogens is 3. The summed E-state index contributed by atoms with van der Waals surface area (Å²) in [6, 6.07) is 8.21. The predicted molar refractivity (Wildman–Crippen MR) is 99.7 cm³/mol. The summed E-state index contributed by atoms with van der Waals surface area (Å²) in [5.41, 5.74) is 3.28. The van der Waals surface area contributed by atoms with Gasteiger partial charge in [-0.25, -0.2) is 9.78 Å². The molecule has 0 fully saturated rings. The van der Waals surface area contributed by atoms with Gasteiger partial charge >= 0.3 is 5.97 Å². The quantitative estimate of drug-likeness (QED) is 0.567. The highest BCUT2D eigenvalue weighted by atomic mass is 16.4. The molecule has 0 aliphatic heterocycles. The van der Waals surface area contributed by atoms with Crippen LogP contribution in [0.2, 0.25) is 0 Å². The van der Waals surface area contributed by atoms with Crippen LogP contribution in [0.3, 0.4) is 0 Å². The van der Waals surface area contributed by atoms with Gasteiger partial charge in [-0.15, -0.1) is 0 Å². The van der Waals surface area contributed by atoms with Crippen molar-refractivity contribution in [1.82, 2.24) is 14.1 Å². The highest BCUT2D eigenvalue weighted by Crippen LogP contribution is 2.34. The third kappa shape index (κ3) is 3.53. The first-order valence-corrected chi connectivity index (χ1v) is 8.70. The smallest absolute Gasteiger partial charge is 0.368 e. The summed E-state index contributed by atoms with van der Waals surface area (Å²) in [6.45, 7) is 2.71. The number of carboxylic acid groups (broad SMARTS) is 1. The molecule has 0 saturated carbocycles. The normalized spacial score (nSPS) is 15.8. The Bertz CT molecular complexity index is 1020. The fourth-order valence-electron chi connectivity index (χ4n) is 3.67. The molecule has 1 atom stereocenters. The Morgan fingerprint density at radius 3 is 2.70 bits per heavy atom. The summed E-state index contributed by atoms with van der Waals surface area (Å²) in [6.07, 6.45) is 5.46. The van der Waals surface area contributed by atoms with Crippen molar-refractivity contribution in [3.63, 3.8) is 0 Å². The molecule has 2 aromatic heterocycles. The van der Waals surface area contributed by atoms with Gasteiger partial charge in [-0.2, -0.15) is 0 Å². The largest absolute Gasteiger partial charge is 0.476 e. The number of Topliss-reactive ketones (excluding diaryl/α,β-unsaturated/α-hetero) is 1. The minimum atomic E-state index is -1.43. The third-order valence-corrected chi connectivity index (χ3v) is 5.02. The number of para-hydroxylation sites is 1. The van der Waals surface area contributed by atoms with Crippen LogP contribution < -0.4 is 0 Å². The fourth-order valence-corrected chi connectivity index (χ4v) is 3.67. The van der Waals surface area contributed by atoms with E-state index < -0.39 is 5.97 Å². The number of aldehydes is 1. The molecule has 0 saturated heterocycles. The molecule has 7 heteroatoms. The van der Waals surface area contributed by atoms with Crippen LogP contribution in [0.1, 0.15) is 28.3 Å². The van der Waals surface area contributed by atoms with Crippen LogP contribution in [-0.4, -0.2) is 37.3 Å². The third-order valence-electron chi connectivity index (χ3n) is 5.02. The molecule has 4 rings (SSSR count). The number of aryl methyl sites for hydroxylation is 2. The average Bonchev–Trinajstić information content (AvgIpc) is 3.20. The number of benzene rings is 1. The van der Waals surface area contributed by atoms with Crippen molar-refractivity contribution in [2.24, 2.45) is 13.0 Å². The van der Waals surface area contributed by atoms with E-state index in [1.165, 1.54) is 5.69 Å². The molecule has 1 unspecified atom stereocenters. The predicted octanol–water partition coefficient (Wildman–Crippen LogP) is 2.40. The first kappa shape index (κ1) is 18.6. The molecule has 3 aromatic rings. The molecule has 0 amide bonds. The number of fused-ring (bicyclic) bond motifs is 3. The summed E-state index contributed by atoms with van der Waals surface area (Å²) < 4.78 is 4.26. The molecule has 27 heavy (non-hydrogen) atoms. The summed E-state index contributed by atoms with van der Waals surface area (Å²) in [5, 5.41) is 8.45. The lowest BCUT2D eigenvalue weighted by Gasteiger charge is -2.23. The Balaban J connectivity index is 0.000000376. The lowest BCUT2D eigenvalue weighted by atomic mass is 9.85. The van der Waals surface area contributed by atoms with Gasteiger partial charge in [-0.3, -0.25) is 9.59 Å². The van der Waals surface area contributed by atoms with Crippen LogP contribution in [0, 0.1) is 12.8 Å². The van der Waals surface area contributed by atoms with E-state index >= 15 is 0 Å². The number of ketones is 1. The molecule has 140 valence electrons. The minimum Gasteiger partial charge on any atom is -0.476 e. The van der Waals surface area contributed by atoms with Crippen LogP contribution in [0.4, 0.5) is 0 Å². The van der Waals surface area contributed by atoms with E-state index in [0.29, 0.717) is 0 Å². The topological polar surface area (TPSA) is 94.2 Å². The van der Waals surface area contributed by atoms with Crippen molar-refractivity contribution >= 4 is 28.9 Å². The maximum absolute atomic E-state index is 13.0. The van der Waals surface area contributed by atoms with Crippen molar-refractivity contribution in [1.29, 1.82) is 0 Å². The minimum absolute atomic E-state index is 0.0474. The SMILES string of the molecule is Cc1nccn1CC1CCc2c(c3ccccc3n2C)C1=O.O=CC(=O)O. The molecule has 1 N–H and O–H groups in total. The van der Waals surface area contributed by atoms with Crippen LogP contribution in [0.5, 0.6) is 0 Å². The molecule has 2 heterocycles. The zero-order valence-electron chi connectivity index (χ0n) is 15.3. The lowest BCUT2D eigenvalue weighted by Crippen LogP contribution is -2.27. The number of hydrogen-bond acceptors (Lipinski definition) is 4. The number of aliphatic carboxylic acids is 1. The first-order chi connectivity index (χ1) is 12.9. The van der Waals surface area contributed by atoms with Crippen molar-refractivity contribution in [2.75, 3.05) is 0 Å². The molecule has 1 aromatic carbocycles. The van der Waals surface area contributed by atoms with Gasteiger partial charge in [0.15, 0.2) is 5.78 Å². The first-order valence-electron chi connectivity index (χ1n) is 8.70. The maximum Gasteiger partial charge on any atom is 0.368 e. The van der Waals surface area contributed by atoms with Gasteiger partial charge in [-0.05, 0) is 25.8 Å². The number of carboxylic acids is 1. The van der Waals surface area contributed by atoms with E-state index in [4.69, 9.17) is 14.7 Å². The van der Waals surface area contributed by atoms with E-state index in [1.807, 2.05) is 25.3 Å². The second-order valence-electron chi connectivity index (χ2n) is 6.58. The maximum atomic E-state index is 13.0. The van der Waals surface area contributed by atoms with E-state index in [9.17, 15) is 4.79 Å². The second-order valence-corrected chi connectivity index (χ2v) is 6.58. The Labute approximate surface area is 156 Å². The number of nitrogens with zero attached hydrogens (tertiary/aromatic N) is 3. The monoisotopic (exact) mass is 367 g/mol. The van der Waals surface area contributed by atoms with Crippen LogP contribution in [0.15, 0.2) is 36.7 Å². The Kier molecular flexibility index (Phi) is 5.21. The second kappa shape index (κ2) is 7.57. The van der Waals surface area contributed by atoms with Crippen molar-refractivity contribution < 1.29 is 19.5 Å². The number of carbonyl (C=O) groups excluding carboxylic acids is 2. The number of rotatable bonds is 3. The Morgan fingerprint density at radius 2 is 2.07 bits per heavy atom. The van der Waals surface area contributed by atoms with E-state index in [-0.39, 0.29) is 18.0 Å². The van der Waals surface area contributed by atoms with Gasteiger partial charge in [0.05, 0.1) is 0 Å². The van der Waals surface area contributed by atoms with Gasteiger partial charge in [0, 0.05) is 54.1 Å². The summed E-state index contributed by atoms with van der Waals surface area (Å²) >= 11 is 0. The highest BCUT2D eigenvalue weighted by Gasteiger charge is 2.32. The molecule has 1 aliphatic carbocycles. The zero-order valence-corrected chi connectivity index (χ0v) is 15.3.